The molecule has 0 aliphatic carbocycles. The van der Waals surface area contributed by atoms with Gasteiger partial charge in [-0.2, -0.15) is 0 Å². The zero-order valence-corrected chi connectivity index (χ0v) is 16.1. The van der Waals surface area contributed by atoms with Crippen LogP contribution in [0.4, 0.5) is 16.3 Å². The Morgan fingerprint density at radius 3 is 2.34 bits per heavy atom. The second kappa shape index (κ2) is 9.36. The summed E-state index contributed by atoms with van der Waals surface area (Å²) in [5, 5.41) is 8.17. The first-order valence-electron chi connectivity index (χ1n) is 9.30. The lowest BCUT2D eigenvalue weighted by Crippen LogP contribution is -2.34. The topological polar surface area (TPSA) is 109 Å². The normalized spacial score (nSPS) is 10.2. The van der Waals surface area contributed by atoms with Crippen molar-refractivity contribution in [3.63, 3.8) is 0 Å². The Morgan fingerprint density at radius 1 is 0.931 bits per heavy atom. The molecule has 1 aromatic heterocycles. The van der Waals surface area contributed by atoms with Crippen LogP contribution < -0.4 is 21.7 Å². The molecular formula is C22H23N5O2. The number of anilines is 2. The molecule has 0 atom stereocenters. The molecule has 0 aliphatic rings. The highest BCUT2D eigenvalue weighted by Crippen LogP contribution is 2.23. The third-order valence-corrected chi connectivity index (χ3v) is 4.23. The molecule has 3 aromatic rings. The van der Waals surface area contributed by atoms with Gasteiger partial charge in [-0.1, -0.05) is 42.5 Å². The Bertz CT molecular complexity index is 988. The minimum atomic E-state index is -0.308. The summed E-state index contributed by atoms with van der Waals surface area (Å²) in [5.74, 6) is 0.0102. The summed E-state index contributed by atoms with van der Waals surface area (Å²) in [7, 11) is 0. The number of aromatic nitrogens is 1. The van der Waals surface area contributed by atoms with Crippen molar-refractivity contribution in [1.82, 2.24) is 15.6 Å². The van der Waals surface area contributed by atoms with E-state index in [1.165, 1.54) is 0 Å². The van der Waals surface area contributed by atoms with Gasteiger partial charge in [0.1, 0.15) is 0 Å². The van der Waals surface area contributed by atoms with Gasteiger partial charge in [-0.3, -0.25) is 4.79 Å². The van der Waals surface area contributed by atoms with E-state index in [1.807, 2.05) is 43.3 Å². The number of hydrogen-bond donors (Lipinski definition) is 4. The minimum Gasteiger partial charge on any atom is -0.396 e. The van der Waals surface area contributed by atoms with Crippen LogP contribution in [0.1, 0.15) is 22.8 Å². The Morgan fingerprint density at radius 2 is 1.66 bits per heavy atom. The summed E-state index contributed by atoms with van der Waals surface area (Å²) in [6.45, 7) is 2.79. The van der Waals surface area contributed by atoms with Crippen LogP contribution in [-0.2, 0) is 6.54 Å². The number of hydrogen-bond acceptors (Lipinski definition) is 4. The average Bonchev–Trinajstić information content (AvgIpc) is 2.75. The first kappa shape index (κ1) is 19.9. The van der Waals surface area contributed by atoms with Gasteiger partial charge in [0, 0.05) is 24.2 Å². The molecule has 0 unspecified atom stereocenters. The summed E-state index contributed by atoms with van der Waals surface area (Å²) in [6.07, 6.45) is 0. The molecule has 0 radical (unpaired) electrons. The molecule has 0 aliphatic heterocycles. The molecule has 7 heteroatoms. The van der Waals surface area contributed by atoms with Crippen molar-refractivity contribution >= 4 is 23.4 Å². The van der Waals surface area contributed by atoms with Gasteiger partial charge in [0.05, 0.1) is 11.4 Å². The molecule has 5 N–H and O–H groups in total. The van der Waals surface area contributed by atoms with E-state index in [9.17, 15) is 9.59 Å². The third kappa shape index (κ3) is 5.32. The van der Waals surface area contributed by atoms with Gasteiger partial charge in [0.15, 0.2) is 5.82 Å². The van der Waals surface area contributed by atoms with Crippen molar-refractivity contribution in [2.75, 3.05) is 17.6 Å². The van der Waals surface area contributed by atoms with Crippen LogP contribution in [0.15, 0.2) is 66.7 Å². The highest BCUT2D eigenvalue weighted by molar-refractivity contribution is 6.05. The number of rotatable bonds is 6. The highest BCUT2D eigenvalue weighted by Gasteiger charge is 2.11. The van der Waals surface area contributed by atoms with E-state index in [-0.39, 0.29) is 11.9 Å². The highest BCUT2D eigenvalue weighted by atomic mass is 16.2. The molecule has 3 rings (SSSR count). The molecular weight excluding hydrogens is 366 g/mol. The van der Waals surface area contributed by atoms with Crippen molar-refractivity contribution in [3.05, 3.63) is 77.9 Å². The van der Waals surface area contributed by atoms with E-state index >= 15 is 0 Å². The molecule has 0 saturated heterocycles. The van der Waals surface area contributed by atoms with E-state index in [0.29, 0.717) is 30.2 Å². The third-order valence-electron chi connectivity index (χ3n) is 4.23. The Labute approximate surface area is 169 Å². The molecule has 148 valence electrons. The second-order valence-electron chi connectivity index (χ2n) is 6.36. The standard InChI is InChI=1S/C22H23N5O2/c1-2-24-22(29)25-14-15-8-10-17(11-9-15)21(28)27-20-18(23)12-13-19(26-20)16-6-4-3-5-7-16/h3-13H,2,14,23H2,1H3,(H2,24,25,29)(H,26,27,28). The van der Waals surface area contributed by atoms with Gasteiger partial charge in [-0.15, -0.1) is 0 Å². The lowest BCUT2D eigenvalue weighted by Gasteiger charge is -2.10. The van der Waals surface area contributed by atoms with Crippen molar-refractivity contribution in [1.29, 1.82) is 0 Å². The van der Waals surface area contributed by atoms with E-state index < -0.39 is 0 Å². The zero-order chi connectivity index (χ0) is 20.6. The summed E-state index contributed by atoms with van der Waals surface area (Å²) in [5.41, 5.74) is 9.39. The SMILES string of the molecule is CCNC(=O)NCc1ccc(C(=O)Nc2nc(-c3ccccc3)ccc2N)cc1. The summed E-state index contributed by atoms with van der Waals surface area (Å²) in [6, 6.07) is 19.9. The molecule has 29 heavy (non-hydrogen) atoms. The second-order valence-corrected chi connectivity index (χ2v) is 6.36. The van der Waals surface area contributed by atoms with Crippen molar-refractivity contribution < 1.29 is 9.59 Å². The lowest BCUT2D eigenvalue weighted by atomic mass is 10.1. The minimum absolute atomic E-state index is 0.228. The first-order chi connectivity index (χ1) is 14.1. The van der Waals surface area contributed by atoms with Gasteiger partial charge in [-0.25, -0.2) is 9.78 Å². The number of pyridine rings is 1. The summed E-state index contributed by atoms with van der Waals surface area (Å²) >= 11 is 0. The predicted molar refractivity (Wildman–Crippen MR) is 114 cm³/mol. The Kier molecular flexibility index (Phi) is 6.42. The van der Waals surface area contributed by atoms with Crippen molar-refractivity contribution in [2.24, 2.45) is 0 Å². The largest absolute Gasteiger partial charge is 0.396 e. The number of nitrogens with one attached hydrogen (secondary N) is 3. The van der Waals surface area contributed by atoms with E-state index in [4.69, 9.17) is 5.73 Å². The molecule has 7 nitrogen and oxygen atoms in total. The van der Waals surface area contributed by atoms with Gasteiger partial charge in [0.25, 0.3) is 5.91 Å². The number of amides is 3. The predicted octanol–water partition coefficient (Wildman–Crippen LogP) is 3.40. The van der Waals surface area contributed by atoms with Crippen LogP contribution in [0.2, 0.25) is 0 Å². The van der Waals surface area contributed by atoms with Crippen LogP contribution in [-0.4, -0.2) is 23.5 Å². The molecule has 3 amide bonds. The summed E-state index contributed by atoms with van der Waals surface area (Å²) < 4.78 is 0. The molecule has 1 heterocycles. The number of nitrogens with zero attached hydrogens (tertiary/aromatic N) is 1. The number of carbonyl (C=O) groups is 2. The van der Waals surface area contributed by atoms with Crippen LogP contribution in [0.5, 0.6) is 0 Å². The average molecular weight is 389 g/mol. The van der Waals surface area contributed by atoms with Crippen LogP contribution in [0, 0.1) is 0 Å². The number of carbonyl (C=O) groups excluding carboxylic acids is 2. The zero-order valence-electron chi connectivity index (χ0n) is 16.1. The Hall–Kier alpha value is -3.87. The number of nitrogen functional groups attached to an aromatic ring is 1. The lowest BCUT2D eigenvalue weighted by molar-refractivity contribution is 0.102. The van der Waals surface area contributed by atoms with Gasteiger partial charge < -0.3 is 21.7 Å². The number of benzene rings is 2. The maximum Gasteiger partial charge on any atom is 0.315 e. The molecule has 2 aromatic carbocycles. The van der Waals surface area contributed by atoms with Gasteiger partial charge >= 0.3 is 6.03 Å². The quantitative estimate of drug-likeness (QED) is 0.518. The molecule has 0 bridgehead atoms. The number of nitrogens with two attached hydrogens (primary N) is 1. The molecule has 0 fully saturated rings. The van der Waals surface area contributed by atoms with E-state index in [1.54, 1.807) is 30.3 Å². The van der Waals surface area contributed by atoms with Crippen molar-refractivity contribution in [2.45, 2.75) is 13.5 Å². The first-order valence-corrected chi connectivity index (χ1v) is 9.30. The monoisotopic (exact) mass is 389 g/mol. The van der Waals surface area contributed by atoms with Crippen LogP contribution in [0.3, 0.4) is 0 Å². The van der Waals surface area contributed by atoms with E-state index in [0.717, 1.165) is 16.8 Å². The van der Waals surface area contributed by atoms with Crippen LogP contribution in [0.25, 0.3) is 11.3 Å². The molecule has 0 saturated carbocycles. The fourth-order valence-electron chi connectivity index (χ4n) is 2.70. The maximum absolute atomic E-state index is 12.6. The molecule has 0 spiro atoms. The van der Waals surface area contributed by atoms with Crippen LogP contribution >= 0.6 is 0 Å². The Balaban J connectivity index is 1.68. The maximum atomic E-state index is 12.6. The number of urea groups is 1. The van der Waals surface area contributed by atoms with E-state index in [2.05, 4.69) is 20.9 Å². The van der Waals surface area contributed by atoms with Gasteiger partial charge in [-0.05, 0) is 36.8 Å². The van der Waals surface area contributed by atoms with Crippen molar-refractivity contribution in [3.8, 4) is 11.3 Å². The fraction of sp³-hybridized carbons (Fsp3) is 0.136. The smallest absolute Gasteiger partial charge is 0.315 e. The summed E-state index contributed by atoms with van der Waals surface area (Å²) in [4.78, 5) is 28.5. The van der Waals surface area contributed by atoms with Gasteiger partial charge in [0.2, 0.25) is 0 Å². The fourth-order valence-corrected chi connectivity index (χ4v) is 2.70.